The number of carboxylic acid groups (broad SMARTS) is 1. The first kappa shape index (κ1) is 12.4. The van der Waals surface area contributed by atoms with Gasteiger partial charge in [0.05, 0.1) is 0 Å². The van der Waals surface area contributed by atoms with Gasteiger partial charge in [0.25, 0.3) is 6.47 Å². The molecule has 0 aromatic carbocycles. The second-order valence-corrected chi connectivity index (χ2v) is 2.32. The Hall–Kier alpha value is -0.280. The smallest absolute Gasteiger partial charge is 0.290 e. The molecule has 0 heterocycles. The molecule has 62 valence electrons. The molecule has 3 N–H and O–H groups in total. The van der Waals surface area contributed by atoms with Crippen LogP contribution in [0.2, 0.25) is 0 Å². The fourth-order valence-electron chi connectivity index (χ4n) is 0.514. The summed E-state index contributed by atoms with van der Waals surface area (Å²) in [6.45, 7) is 1.90. The molecule has 0 aromatic heterocycles. The third-order valence-corrected chi connectivity index (χ3v) is 1.60. The molecule has 4 heteroatoms. The Labute approximate surface area is 67.0 Å². The first-order chi connectivity index (χ1) is 4.18. The Bertz CT molecular complexity index is 93.7. The predicted octanol–water partition coefficient (Wildman–Crippen LogP) is 1.01. The molecule has 1 rings (SSSR count). The summed E-state index contributed by atoms with van der Waals surface area (Å²) in [5.74, 6) is 0. The molecule has 0 bridgehead atoms. The van der Waals surface area contributed by atoms with E-state index >= 15 is 0 Å². The van der Waals surface area contributed by atoms with Crippen molar-refractivity contribution in [3.8, 4) is 0 Å². The summed E-state index contributed by atoms with van der Waals surface area (Å²) in [6, 6.07) is 0. The minimum Gasteiger partial charge on any atom is -0.483 e. The van der Waals surface area contributed by atoms with Crippen molar-refractivity contribution in [2.75, 3.05) is 0 Å². The average molecular weight is 168 g/mol. The van der Waals surface area contributed by atoms with Gasteiger partial charge in [0.2, 0.25) is 0 Å². The Kier molecular flexibility index (Phi) is 6.82. The molecule has 0 spiro atoms. The molecular weight excluding hydrogens is 154 g/mol. The highest BCUT2D eigenvalue weighted by molar-refractivity contribution is 5.85. The van der Waals surface area contributed by atoms with Gasteiger partial charge >= 0.3 is 0 Å². The fraction of sp³-hybridized carbons (Fsp3) is 0.833. The van der Waals surface area contributed by atoms with Crippen molar-refractivity contribution in [3.05, 3.63) is 0 Å². The molecule has 0 aromatic rings. The monoisotopic (exact) mass is 167 g/mol. The van der Waals surface area contributed by atoms with Crippen molar-refractivity contribution < 1.29 is 9.90 Å². The maximum absolute atomic E-state index is 8.36. The maximum atomic E-state index is 8.36. The Morgan fingerprint density at radius 2 is 2.00 bits per heavy atom. The number of rotatable bonds is 1. The Balaban J connectivity index is 0. The van der Waals surface area contributed by atoms with E-state index in [1.165, 1.54) is 12.8 Å². The molecule has 0 saturated heterocycles. The lowest BCUT2D eigenvalue weighted by molar-refractivity contribution is -0.122. The molecule has 1 saturated carbocycles. The van der Waals surface area contributed by atoms with Gasteiger partial charge in [-0.2, -0.15) is 0 Å². The first-order valence-corrected chi connectivity index (χ1v) is 3.05. The van der Waals surface area contributed by atoms with E-state index in [0.29, 0.717) is 5.54 Å². The quantitative estimate of drug-likeness (QED) is 0.573. The van der Waals surface area contributed by atoms with Crippen LogP contribution in [-0.2, 0) is 4.79 Å². The van der Waals surface area contributed by atoms with Crippen LogP contribution in [0.25, 0.3) is 0 Å². The van der Waals surface area contributed by atoms with Gasteiger partial charge < -0.3 is 10.8 Å². The lowest BCUT2D eigenvalue weighted by atomic mass is 10.2. The van der Waals surface area contributed by atoms with Crippen LogP contribution < -0.4 is 5.73 Å². The molecule has 1 aliphatic carbocycles. The zero-order chi connectivity index (χ0) is 7.33. The van der Waals surface area contributed by atoms with E-state index < -0.39 is 0 Å². The molecule has 0 unspecified atom stereocenters. The van der Waals surface area contributed by atoms with Crippen molar-refractivity contribution in [1.82, 2.24) is 0 Å². The SMILES string of the molecule is CCC1(N)CC1.Cl.O=CO. The van der Waals surface area contributed by atoms with Gasteiger partial charge in [-0.1, -0.05) is 6.92 Å². The summed E-state index contributed by atoms with van der Waals surface area (Å²) in [5, 5.41) is 6.89. The molecule has 0 amide bonds. The summed E-state index contributed by atoms with van der Waals surface area (Å²) in [4.78, 5) is 8.36. The van der Waals surface area contributed by atoms with Crippen molar-refractivity contribution >= 4 is 18.9 Å². The molecule has 0 radical (unpaired) electrons. The molecule has 1 aliphatic rings. The lowest BCUT2D eigenvalue weighted by Crippen LogP contribution is -2.19. The highest BCUT2D eigenvalue weighted by atomic mass is 35.5. The van der Waals surface area contributed by atoms with Crippen LogP contribution in [0.5, 0.6) is 0 Å². The summed E-state index contributed by atoms with van der Waals surface area (Å²) in [7, 11) is 0. The van der Waals surface area contributed by atoms with Gasteiger partial charge in [0.1, 0.15) is 0 Å². The molecule has 1 fully saturated rings. The minimum absolute atomic E-state index is 0. The summed E-state index contributed by atoms with van der Waals surface area (Å²) in [6.07, 6.45) is 3.67. The maximum Gasteiger partial charge on any atom is 0.290 e. The zero-order valence-electron chi connectivity index (χ0n) is 6.04. The van der Waals surface area contributed by atoms with E-state index in [-0.39, 0.29) is 18.9 Å². The summed E-state index contributed by atoms with van der Waals surface area (Å²) in [5.41, 5.74) is 5.94. The number of hydrogen-bond acceptors (Lipinski definition) is 2. The van der Waals surface area contributed by atoms with Crippen LogP contribution >= 0.6 is 12.4 Å². The fourth-order valence-corrected chi connectivity index (χ4v) is 0.514. The van der Waals surface area contributed by atoms with Gasteiger partial charge in [0.15, 0.2) is 0 Å². The predicted molar refractivity (Wildman–Crippen MR) is 42.4 cm³/mol. The van der Waals surface area contributed by atoms with Crippen LogP contribution in [0.4, 0.5) is 0 Å². The standard InChI is InChI=1S/C5H11N.CH2O2.ClH/c1-2-5(6)3-4-5;2-1-3;/h2-4,6H2,1H3;1H,(H,2,3);1H. The highest BCUT2D eigenvalue weighted by Gasteiger charge is 2.35. The third-order valence-electron chi connectivity index (χ3n) is 1.60. The van der Waals surface area contributed by atoms with Crippen LogP contribution in [-0.4, -0.2) is 17.1 Å². The number of carbonyl (C=O) groups is 1. The first-order valence-electron chi connectivity index (χ1n) is 3.05. The van der Waals surface area contributed by atoms with Gasteiger partial charge in [-0.3, -0.25) is 4.79 Å². The van der Waals surface area contributed by atoms with Gasteiger partial charge in [-0.05, 0) is 19.3 Å². The lowest BCUT2D eigenvalue weighted by Gasteiger charge is -1.98. The van der Waals surface area contributed by atoms with Gasteiger partial charge in [-0.25, -0.2) is 0 Å². The number of hydrogen-bond donors (Lipinski definition) is 2. The second kappa shape index (κ2) is 5.50. The van der Waals surface area contributed by atoms with Gasteiger partial charge in [0, 0.05) is 5.54 Å². The summed E-state index contributed by atoms with van der Waals surface area (Å²) >= 11 is 0. The molecule has 0 aliphatic heterocycles. The van der Waals surface area contributed by atoms with Crippen LogP contribution in [0.3, 0.4) is 0 Å². The van der Waals surface area contributed by atoms with Gasteiger partial charge in [-0.15, -0.1) is 12.4 Å². The normalized spacial score (nSPS) is 17.4. The Morgan fingerprint density at radius 3 is 2.00 bits per heavy atom. The van der Waals surface area contributed by atoms with Crippen molar-refractivity contribution in [1.29, 1.82) is 0 Å². The molecule has 0 atom stereocenters. The van der Waals surface area contributed by atoms with E-state index in [1.54, 1.807) is 0 Å². The van der Waals surface area contributed by atoms with Crippen molar-refractivity contribution in [2.24, 2.45) is 5.73 Å². The highest BCUT2D eigenvalue weighted by Crippen LogP contribution is 2.34. The average Bonchev–Trinajstić information content (AvgIpc) is 2.52. The van der Waals surface area contributed by atoms with Crippen LogP contribution in [0.1, 0.15) is 26.2 Å². The van der Waals surface area contributed by atoms with Crippen molar-refractivity contribution in [3.63, 3.8) is 0 Å². The van der Waals surface area contributed by atoms with E-state index in [1.807, 2.05) is 0 Å². The topological polar surface area (TPSA) is 63.3 Å². The number of halogens is 1. The van der Waals surface area contributed by atoms with Crippen molar-refractivity contribution in [2.45, 2.75) is 31.7 Å². The zero-order valence-corrected chi connectivity index (χ0v) is 6.86. The Morgan fingerprint density at radius 1 is 1.70 bits per heavy atom. The van der Waals surface area contributed by atoms with Crippen LogP contribution in [0.15, 0.2) is 0 Å². The van der Waals surface area contributed by atoms with Crippen LogP contribution in [0, 0.1) is 0 Å². The third kappa shape index (κ3) is 5.85. The van der Waals surface area contributed by atoms with E-state index in [4.69, 9.17) is 15.6 Å². The van der Waals surface area contributed by atoms with E-state index in [0.717, 1.165) is 6.42 Å². The largest absolute Gasteiger partial charge is 0.483 e. The van der Waals surface area contributed by atoms with E-state index in [2.05, 4.69) is 6.92 Å². The number of nitrogens with two attached hydrogens (primary N) is 1. The second-order valence-electron chi connectivity index (χ2n) is 2.32. The molecular formula is C6H14ClNO2. The molecule has 10 heavy (non-hydrogen) atoms. The van der Waals surface area contributed by atoms with E-state index in [9.17, 15) is 0 Å². The summed E-state index contributed by atoms with van der Waals surface area (Å²) < 4.78 is 0. The minimum atomic E-state index is -0.250. The molecule has 3 nitrogen and oxygen atoms in total.